The van der Waals surface area contributed by atoms with Crippen molar-refractivity contribution in [3.8, 4) is 0 Å². The molecule has 0 saturated carbocycles. The fourth-order valence-corrected chi connectivity index (χ4v) is 1.50. The molecule has 8 nitrogen and oxygen atoms in total. The lowest BCUT2D eigenvalue weighted by molar-refractivity contribution is -0.384. The van der Waals surface area contributed by atoms with Gasteiger partial charge in [-0.25, -0.2) is 9.18 Å². The van der Waals surface area contributed by atoms with Gasteiger partial charge in [0.05, 0.1) is 23.1 Å². The molecule has 0 fully saturated rings. The van der Waals surface area contributed by atoms with E-state index in [1.165, 1.54) is 4.90 Å². The first kappa shape index (κ1) is 16.3. The van der Waals surface area contributed by atoms with Crippen molar-refractivity contribution in [1.29, 1.82) is 0 Å². The fourth-order valence-electron chi connectivity index (χ4n) is 1.50. The van der Waals surface area contributed by atoms with Gasteiger partial charge < -0.3 is 15.3 Å². The van der Waals surface area contributed by atoms with Crippen LogP contribution in [0.5, 0.6) is 0 Å². The molecular formula is C12H14FN3O5. The van der Waals surface area contributed by atoms with Gasteiger partial charge >= 0.3 is 5.97 Å². The van der Waals surface area contributed by atoms with Gasteiger partial charge in [-0.2, -0.15) is 0 Å². The van der Waals surface area contributed by atoms with E-state index in [2.05, 4.69) is 5.32 Å². The van der Waals surface area contributed by atoms with Crippen LogP contribution < -0.4 is 5.32 Å². The third-order valence-electron chi connectivity index (χ3n) is 2.84. The number of carbonyl (C=O) groups excluding carboxylic acids is 1. The lowest BCUT2D eigenvalue weighted by atomic mass is 10.1. The average Bonchev–Trinajstić information content (AvgIpc) is 2.43. The number of anilines is 1. The number of nitrogens with zero attached hydrogens (tertiary/aromatic N) is 2. The number of halogens is 1. The molecule has 114 valence electrons. The van der Waals surface area contributed by atoms with Crippen LogP contribution in [0.3, 0.4) is 0 Å². The summed E-state index contributed by atoms with van der Waals surface area (Å²) in [4.78, 5) is 33.8. The molecule has 0 aliphatic carbocycles. The van der Waals surface area contributed by atoms with Crippen LogP contribution in [0.1, 0.15) is 17.3 Å². The summed E-state index contributed by atoms with van der Waals surface area (Å²) in [5.41, 5.74) is -1.57. The summed E-state index contributed by atoms with van der Waals surface area (Å²) in [5.74, 6) is -3.10. The Morgan fingerprint density at radius 3 is 2.57 bits per heavy atom. The van der Waals surface area contributed by atoms with E-state index in [1.807, 2.05) is 0 Å². The maximum Gasteiger partial charge on any atom is 0.338 e. The standard InChI is InChI=1S/C12H14FN3O5/c1-3-15(2)11(17)6-14-9-4-7(12(18)19)8(13)5-10(9)16(20)21/h4-5,14H,3,6H2,1-2H3,(H,18,19). The van der Waals surface area contributed by atoms with Crippen molar-refractivity contribution in [1.82, 2.24) is 4.90 Å². The van der Waals surface area contributed by atoms with E-state index in [4.69, 9.17) is 5.11 Å². The Hall–Kier alpha value is -2.71. The molecule has 0 aliphatic heterocycles. The maximum absolute atomic E-state index is 13.4. The number of carboxylic acid groups (broad SMARTS) is 1. The third kappa shape index (κ3) is 3.88. The Labute approximate surface area is 119 Å². The van der Waals surface area contributed by atoms with Crippen LogP contribution in [-0.2, 0) is 4.79 Å². The number of aromatic carboxylic acids is 1. The number of amides is 1. The highest BCUT2D eigenvalue weighted by Crippen LogP contribution is 2.27. The van der Waals surface area contributed by atoms with Crippen molar-refractivity contribution in [2.45, 2.75) is 6.92 Å². The highest BCUT2D eigenvalue weighted by Gasteiger charge is 2.22. The van der Waals surface area contributed by atoms with Crippen molar-refractivity contribution in [2.24, 2.45) is 0 Å². The van der Waals surface area contributed by atoms with Crippen molar-refractivity contribution in [3.63, 3.8) is 0 Å². The zero-order valence-corrected chi connectivity index (χ0v) is 11.4. The zero-order valence-electron chi connectivity index (χ0n) is 11.4. The third-order valence-corrected chi connectivity index (χ3v) is 2.84. The normalized spacial score (nSPS) is 10.0. The second kappa shape index (κ2) is 6.64. The van der Waals surface area contributed by atoms with Crippen LogP contribution in [-0.4, -0.2) is 46.9 Å². The van der Waals surface area contributed by atoms with Crippen LogP contribution in [0, 0.1) is 15.9 Å². The lowest BCUT2D eigenvalue weighted by Crippen LogP contribution is -2.32. The van der Waals surface area contributed by atoms with Gasteiger partial charge in [-0.15, -0.1) is 0 Å². The van der Waals surface area contributed by atoms with Crippen LogP contribution in [0.4, 0.5) is 15.8 Å². The molecule has 9 heteroatoms. The van der Waals surface area contributed by atoms with Gasteiger partial charge in [-0.1, -0.05) is 0 Å². The molecule has 1 aromatic carbocycles. The topological polar surface area (TPSA) is 113 Å². The minimum absolute atomic E-state index is 0.225. The molecule has 1 rings (SSSR count). The minimum Gasteiger partial charge on any atom is -0.478 e. The summed E-state index contributed by atoms with van der Waals surface area (Å²) in [6, 6.07) is 1.31. The summed E-state index contributed by atoms with van der Waals surface area (Å²) in [7, 11) is 1.55. The van der Waals surface area contributed by atoms with Gasteiger partial charge in [0, 0.05) is 13.6 Å². The predicted octanol–water partition coefficient (Wildman–Crippen LogP) is 1.32. The molecule has 2 N–H and O–H groups in total. The van der Waals surface area contributed by atoms with Gasteiger partial charge in [0.1, 0.15) is 11.5 Å². The number of rotatable bonds is 6. The van der Waals surface area contributed by atoms with Crippen LogP contribution in [0.15, 0.2) is 12.1 Å². The zero-order chi connectivity index (χ0) is 16.2. The van der Waals surface area contributed by atoms with E-state index in [9.17, 15) is 24.1 Å². The smallest absolute Gasteiger partial charge is 0.338 e. The average molecular weight is 299 g/mol. The molecule has 0 bridgehead atoms. The van der Waals surface area contributed by atoms with Crippen molar-refractivity contribution in [3.05, 3.63) is 33.6 Å². The Balaban J connectivity index is 3.09. The van der Waals surface area contributed by atoms with E-state index in [0.29, 0.717) is 12.6 Å². The summed E-state index contributed by atoms with van der Waals surface area (Å²) in [5, 5.41) is 22.1. The second-order valence-electron chi connectivity index (χ2n) is 4.17. The van der Waals surface area contributed by atoms with E-state index in [1.54, 1.807) is 14.0 Å². The summed E-state index contributed by atoms with van der Waals surface area (Å²) in [6.07, 6.45) is 0. The lowest BCUT2D eigenvalue weighted by Gasteiger charge is -2.15. The molecule has 0 unspecified atom stereocenters. The Morgan fingerprint density at radius 2 is 2.10 bits per heavy atom. The summed E-state index contributed by atoms with van der Waals surface area (Å²) < 4.78 is 13.4. The monoisotopic (exact) mass is 299 g/mol. The molecule has 0 aromatic heterocycles. The summed E-state index contributed by atoms with van der Waals surface area (Å²) in [6.45, 7) is 1.93. The molecule has 21 heavy (non-hydrogen) atoms. The molecule has 0 aliphatic rings. The van der Waals surface area contributed by atoms with Crippen molar-refractivity contribution in [2.75, 3.05) is 25.5 Å². The molecule has 0 radical (unpaired) electrons. The number of nitro groups is 1. The highest BCUT2D eigenvalue weighted by atomic mass is 19.1. The quantitative estimate of drug-likeness (QED) is 0.605. The van der Waals surface area contributed by atoms with Gasteiger partial charge in [-0.3, -0.25) is 14.9 Å². The Bertz CT molecular complexity index is 591. The maximum atomic E-state index is 13.4. The largest absolute Gasteiger partial charge is 0.478 e. The Morgan fingerprint density at radius 1 is 1.48 bits per heavy atom. The second-order valence-corrected chi connectivity index (χ2v) is 4.17. The molecular weight excluding hydrogens is 285 g/mol. The van der Waals surface area contributed by atoms with E-state index in [-0.39, 0.29) is 18.1 Å². The Kier molecular flexibility index (Phi) is 5.17. The van der Waals surface area contributed by atoms with Crippen molar-refractivity contribution < 1.29 is 24.0 Å². The van der Waals surface area contributed by atoms with Crippen LogP contribution >= 0.6 is 0 Å². The summed E-state index contributed by atoms with van der Waals surface area (Å²) >= 11 is 0. The van der Waals surface area contributed by atoms with E-state index < -0.39 is 28.0 Å². The number of nitrogens with one attached hydrogen (secondary N) is 1. The number of hydrogen-bond donors (Lipinski definition) is 2. The minimum atomic E-state index is -1.55. The van der Waals surface area contributed by atoms with Gasteiger partial charge in [0.2, 0.25) is 5.91 Å². The molecule has 0 heterocycles. The SMILES string of the molecule is CCN(C)C(=O)CNc1cc(C(=O)O)c(F)cc1[N+](=O)[O-]. The predicted molar refractivity (Wildman–Crippen MR) is 71.8 cm³/mol. The number of likely N-dealkylation sites (N-methyl/N-ethyl adjacent to an activating group) is 1. The van der Waals surface area contributed by atoms with Crippen molar-refractivity contribution >= 4 is 23.3 Å². The molecule has 0 atom stereocenters. The fraction of sp³-hybridized carbons (Fsp3) is 0.333. The highest BCUT2D eigenvalue weighted by molar-refractivity contribution is 5.91. The van der Waals surface area contributed by atoms with Gasteiger partial charge in [-0.05, 0) is 13.0 Å². The molecule has 1 aromatic rings. The van der Waals surface area contributed by atoms with Gasteiger partial charge in [0.25, 0.3) is 5.69 Å². The number of carboxylic acids is 1. The molecule has 1 amide bonds. The molecule has 0 saturated heterocycles. The number of carbonyl (C=O) groups is 2. The van der Waals surface area contributed by atoms with Gasteiger partial charge in [0.15, 0.2) is 0 Å². The van der Waals surface area contributed by atoms with E-state index in [0.717, 1.165) is 6.07 Å². The number of nitro benzene ring substituents is 1. The first-order valence-electron chi connectivity index (χ1n) is 5.97. The van der Waals surface area contributed by atoms with E-state index >= 15 is 0 Å². The molecule has 0 spiro atoms. The van der Waals surface area contributed by atoms with Crippen LogP contribution in [0.2, 0.25) is 0 Å². The number of hydrogen-bond acceptors (Lipinski definition) is 5. The first-order valence-corrected chi connectivity index (χ1v) is 5.97. The van der Waals surface area contributed by atoms with Crippen LogP contribution in [0.25, 0.3) is 0 Å². The first-order chi connectivity index (χ1) is 9.77. The number of benzene rings is 1.